The van der Waals surface area contributed by atoms with E-state index in [4.69, 9.17) is 0 Å². The van der Waals surface area contributed by atoms with E-state index in [0.717, 1.165) is 11.8 Å². The van der Waals surface area contributed by atoms with Crippen LogP contribution >= 0.6 is 7.81 Å². The van der Waals surface area contributed by atoms with Gasteiger partial charge < -0.3 is 0 Å². The van der Waals surface area contributed by atoms with Crippen molar-refractivity contribution in [3.63, 3.8) is 0 Å². The van der Waals surface area contributed by atoms with Crippen molar-refractivity contribution in [3.8, 4) is 0 Å². The summed E-state index contributed by atoms with van der Waals surface area (Å²) in [6.07, 6.45) is 12.9. The molecule has 0 spiro atoms. The molecule has 0 bridgehead atoms. The van der Waals surface area contributed by atoms with E-state index in [1.807, 2.05) is 0 Å². The van der Waals surface area contributed by atoms with Crippen LogP contribution in [0.15, 0.2) is 0 Å². The zero-order valence-electron chi connectivity index (χ0n) is 15.1. The SMILES string of the molecule is C[C]1[CH]C(C)C(C)CCC1.C[C]1[CH][CH][CH][C]1C.F[P-](F)(F)(F)(F)F.[Co+3]. The van der Waals surface area contributed by atoms with E-state index in [9.17, 15) is 25.2 Å². The average molecular weight is 435 g/mol. The van der Waals surface area contributed by atoms with Crippen LogP contribution in [0.2, 0.25) is 0 Å². The van der Waals surface area contributed by atoms with Gasteiger partial charge in [0.1, 0.15) is 0 Å². The zero-order valence-corrected chi connectivity index (χ0v) is 17.1. The van der Waals surface area contributed by atoms with Gasteiger partial charge in [0.2, 0.25) is 0 Å². The fourth-order valence-corrected chi connectivity index (χ4v) is 2.26. The first-order valence-electron chi connectivity index (χ1n) is 7.88. The maximum atomic E-state index is 9.87. The van der Waals surface area contributed by atoms with Crippen LogP contribution in [0.1, 0.15) is 53.9 Å². The number of hydrogen-bond donors (Lipinski definition) is 0. The molecule has 2 aliphatic carbocycles. The molecule has 2 fully saturated rings. The summed E-state index contributed by atoms with van der Waals surface area (Å²) in [5.41, 5.74) is 0. The Hall–Kier alpha value is 0.516. The summed E-state index contributed by atoms with van der Waals surface area (Å²) in [5.74, 6) is 6.08. The van der Waals surface area contributed by atoms with Gasteiger partial charge in [-0.25, -0.2) is 0 Å². The predicted molar refractivity (Wildman–Crippen MR) is 89.7 cm³/mol. The van der Waals surface area contributed by atoms with Gasteiger partial charge in [0.05, 0.1) is 0 Å². The Morgan fingerprint density at radius 1 is 0.880 bits per heavy atom. The van der Waals surface area contributed by atoms with Gasteiger partial charge in [-0.3, -0.25) is 0 Å². The van der Waals surface area contributed by atoms with Gasteiger partial charge in [0, 0.05) is 0 Å². The van der Waals surface area contributed by atoms with Gasteiger partial charge in [-0.2, -0.15) is 0 Å². The third-order valence-corrected chi connectivity index (χ3v) is 3.99. The standard InChI is InChI=1S/C10H18.C7H9.Co.F6P/c1-8-5-4-6-9(2)10(3)7-8;1-6-4-3-5-7(6)2;;1-7(2,3,4,5)6/h7,9-10H,4-6H2,1-3H3;3-5H,1-2H3;;/q;;+3;-1. The molecule has 0 aromatic rings. The number of hydrogen-bond acceptors (Lipinski definition) is 0. The Morgan fingerprint density at radius 2 is 1.28 bits per heavy atom. The van der Waals surface area contributed by atoms with Crippen molar-refractivity contribution in [2.75, 3.05) is 0 Å². The minimum atomic E-state index is -10.7. The first-order valence-corrected chi connectivity index (χ1v) is 9.91. The molecule has 0 aliphatic heterocycles. The quantitative estimate of drug-likeness (QED) is 0.204. The Kier molecular flexibility index (Phi) is 10.7. The molecule has 2 saturated carbocycles. The molecule has 0 amide bonds. The van der Waals surface area contributed by atoms with Gasteiger partial charge in [0.15, 0.2) is 0 Å². The normalized spacial score (nSPS) is 28.9. The largest absolute Gasteiger partial charge is 3.00 e. The van der Waals surface area contributed by atoms with Gasteiger partial charge in [-0.05, 0) is 61.7 Å². The zero-order chi connectivity index (χ0) is 19.2. The Balaban J connectivity index is 0. The van der Waals surface area contributed by atoms with Crippen LogP contribution in [-0.2, 0) is 16.8 Å². The van der Waals surface area contributed by atoms with E-state index < -0.39 is 7.81 Å². The van der Waals surface area contributed by atoms with Crippen LogP contribution in [0.4, 0.5) is 25.2 Å². The second-order valence-corrected chi connectivity index (χ2v) is 8.51. The Bertz CT molecular complexity index is 350. The molecule has 0 saturated heterocycles. The molecule has 2 rings (SSSR count). The Morgan fingerprint density at radius 3 is 1.60 bits per heavy atom. The molecule has 0 heterocycles. The average Bonchev–Trinajstić information content (AvgIpc) is 2.63. The van der Waals surface area contributed by atoms with E-state index >= 15 is 0 Å². The molecule has 25 heavy (non-hydrogen) atoms. The van der Waals surface area contributed by atoms with E-state index in [2.05, 4.69) is 60.3 Å². The van der Waals surface area contributed by atoms with Crippen molar-refractivity contribution in [1.29, 1.82) is 0 Å². The molecule has 0 nitrogen and oxygen atoms in total. The summed E-state index contributed by atoms with van der Waals surface area (Å²) in [6.45, 7) is 11.2. The summed E-state index contributed by atoms with van der Waals surface area (Å²) in [4.78, 5) is 0. The summed E-state index contributed by atoms with van der Waals surface area (Å²) in [5, 5.41) is 0. The van der Waals surface area contributed by atoms with Crippen molar-refractivity contribution in [3.05, 3.63) is 43.4 Å². The van der Waals surface area contributed by atoms with Crippen LogP contribution in [-0.4, -0.2) is 0 Å². The van der Waals surface area contributed by atoms with Gasteiger partial charge in [0.25, 0.3) is 0 Å². The smallest absolute Gasteiger partial charge is 3.00 e. The van der Waals surface area contributed by atoms with E-state index in [0.29, 0.717) is 0 Å². The molecule has 2 atom stereocenters. The third kappa shape index (κ3) is 20.7. The molecule has 0 aromatic heterocycles. The molecular weight excluding hydrogens is 408 g/mol. The summed E-state index contributed by atoms with van der Waals surface area (Å²) < 4.78 is 59.2. The second kappa shape index (κ2) is 9.63. The molecule has 149 valence electrons. The molecular formula is C17H27CoF6P+2. The van der Waals surface area contributed by atoms with Crippen LogP contribution in [0.3, 0.4) is 0 Å². The summed E-state index contributed by atoms with van der Waals surface area (Å²) >= 11 is 0. The fraction of sp³-hybridized carbons (Fsp3) is 0.588. The predicted octanol–water partition coefficient (Wildman–Crippen LogP) is 8.42. The minimum Gasteiger partial charge on any atom is 3.00 e. The Labute approximate surface area is 159 Å². The van der Waals surface area contributed by atoms with E-state index in [-0.39, 0.29) is 16.8 Å². The van der Waals surface area contributed by atoms with Crippen LogP contribution in [0.5, 0.6) is 0 Å². The van der Waals surface area contributed by atoms with Crippen molar-refractivity contribution < 1.29 is 42.0 Å². The second-order valence-electron chi connectivity index (χ2n) is 6.59. The monoisotopic (exact) mass is 435 g/mol. The van der Waals surface area contributed by atoms with Crippen LogP contribution in [0.25, 0.3) is 0 Å². The third-order valence-electron chi connectivity index (χ3n) is 3.99. The van der Waals surface area contributed by atoms with Crippen LogP contribution in [0, 0.1) is 55.3 Å². The molecule has 0 aromatic carbocycles. The number of halogens is 6. The van der Waals surface area contributed by atoms with Crippen molar-refractivity contribution in [1.82, 2.24) is 0 Å². The molecule has 2 unspecified atom stereocenters. The first-order chi connectivity index (χ1) is 10.5. The fourth-order valence-electron chi connectivity index (χ4n) is 2.26. The van der Waals surface area contributed by atoms with Gasteiger partial charge >= 0.3 is 49.8 Å². The van der Waals surface area contributed by atoms with Crippen molar-refractivity contribution in [2.45, 2.75) is 53.9 Å². The van der Waals surface area contributed by atoms with Crippen molar-refractivity contribution in [2.24, 2.45) is 11.8 Å². The number of rotatable bonds is 0. The molecule has 0 N–H and O–H groups in total. The van der Waals surface area contributed by atoms with Crippen LogP contribution < -0.4 is 0 Å². The summed E-state index contributed by atoms with van der Waals surface area (Å²) in [7, 11) is -10.7. The van der Waals surface area contributed by atoms with Gasteiger partial charge in [-0.1, -0.05) is 47.5 Å². The first kappa shape index (κ1) is 27.7. The topological polar surface area (TPSA) is 0 Å². The van der Waals surface area contributed by atoms with Gasteiger partial charge in [-0.15, -0.1) is 0 Å². The molecule has 2 aliphatic rings. The maximum Gasteiger partial charge on any atom is 3.00 e. The minimum absolute atomic E-state index is 0. The van der Waals surface area contributed by atoms with E-state index in [1.165, 1.54) is 31.1 Å². The molecule has 8 heteroatoms. The maximum absolute atomic E-state index is 10.7. The van der Waals surface area contributed by atoms with Crippen molar-refractivity contribution >= 4 is 7.81 Å². The van der Waals surface area contributed by atoms with E-state index in [1.54, 1.807) is 5.92 Å². The molecule has 7 radical (unpaired) electrons. The summed E-state index contributed by atoms with van der Waals surface area (Å²) in [6, 6.07) is 0.